The Bertz CT molecular complexity index is 792. The van der Waals surface area contributed by atoms with Crippen LogP contribution in [0.15, 0.2) is 23.9 Å². The Morgan fingerprint density at radius 2 is 1.96 bits per heavy atom. The summed E-state index contributed by atoms with van der Waals surface area (Å²) in [7, 11) is 0. The highest BCUT2D eigenvalue weighted by atomic mass is 32.2. The Labute approximate surface area is 147 Å². The number of carbonyl (C=O) groups excluding carboxylic acids is 1. The fourth-order valence-corrected chi connectivity index (χ4v) is 3.40. The molecule has 0 aromatic carbocycles. The van der Waals surface area contributed by atoms with Crippen LogP contribution in [0.2, 0.25) is 0 Å². The van der Waals surface area contributed by atoms with Crippen molar-refractivity contribution in [2.75, 3.05) is 5.75 Å². The monoisotopic (exact) mass is 372 g/mol. The fraction of sp³-hybridized carbons (Fsp3) is 0.438. The van der Waals surface area contributed by atoms with Gasteiger partial charge >= 0.3 is 6.18 Å². The molecule has 0 amide bonds. The molecule has 0 fully saturated rings. The lowest BCUT2D eigenvalue weighted by molar-refractivity contribution is -0.141. The minimum absolute atomic E-state index is 0.0750. The minimum atomic E-state index is -4.33. The van der Waals surface area contributed by atoms with Gasteiger partial charge in [0.15, 0.2) is 10.9 Å². The number of ketones is 1. The van der Waals surface area contributed by atoms with Gasteiger partial charge in [0.2, 0.25) is 0 Å². The quantitative estimate of drug-likeness (QED) is 0.422. The van der Waals surface area contributed by atoms with Crippen molar-refractivity contribution in [1.29, 1.82) is 0 Å². The van der Waals surface area contributed by atoms with Crippen LogP contribution in [0.25, 0.3) is 0 Å². The van der Waals surface area contributed by atoms with Gasteiger partial charge in [-0.15, -0.1) is 16.8 Å². The maximum atomic E-state index is 12.7. The highest BCUT2D eigenvalue weighted by molar-refractivity contribution is 7.99. The Balaban J connectivity index is 2.14. The maximum absolute atomic E-state index is 12.7. The standard InChI is InChI=1S/C16H19F3N4OS/c1-5-6-22-12(4)20-21-15(22)25-8-14(24)13-7-10(2)23(11(13)3)9-16(17,18)19/h5,7H,1,6,8-9H2,2-4H3. The summed E-state index contributed by atoms with van der Waals surface area (Å²) in [6, 6.07) is 1.50. The summed E-state index contributed by atoms with van der Waals surface area (Å²) in [5, 5.41) is 8.56. The molecule has 0 atom stereocenters. The van der Waals surface area contributed by atoms with Crippen molar-refractivity contribution < 1.29 is 18.0 Å². The van der Waals surface area contributed by atoms with Gasteiger partial charge in [-0.1, -0.05) is 17.8 Å². The lowest BCUT2D eigenvalue weighted by atomic mass is 10.2. The Morgan fingerprint density at radius 3 is 2.56 bits per heavy atom. The molecule has 0 spiro atoms. The highest BCUT2D eigenvalue weighted by Gasteiger charge is 2.30. The summed E-state index contributed by atoms with van der Waals surface area (Å²) < 4.78 is 40.9. The minimum Gasteiger partial charge on any atom is -0.339 e. The van der Waals surface area contributed by atoms with Gasteiger partial charge in [0.25, 0.3) is 0 Å². The number of thioether (sulfide) groups is 1. The summed E-state index contributed by atoms with van der Waals surface area (Å²) in [4.78, 5) is 12.5. The summed E-state index contributed by atoms with van der Waals surface area (Å²) in [6.45, 7) is 7.98. The lowest BCUT2D eigenvalue weighted by Crippen LogP contribution is -2.19. The predicted molar refractivity (Wildman–Crippen MR) is 90.0 cm³/mol. The van der Waals surface area contributed by atoms with Crippen molar-refractivity contribution in [1.82, 2.24) is 19.3 Å². The van der Waals surface area contributed by atoms with Crippen molar-refractivity contribution >= 4 is 17.5 Å². The van der Waals surface area contributed by atoms with Crippen molar-refractivity contribution in [3.8, 4) is 0 Å². The van der Waals surface area contributed by atoms with Gasteiger partial charge < -0.3 is 9.13 Å². The number of aromatic nitrogens is 4. The van der Waals surface area contributed by atoms with Gasteiger partial charge in [0.1, 0.15) is 12.4 Å². The molecule has 2 aromatic heterocycles. The first-order valence-corrected chi connectivity index (χ1v) is 8.52. The van der Waals surface area contributed by atoms with E-state index in [4.69, 9.17) is 0 Å². The molecule has 0 radical (unpaired) electrons. The van der Waals surface area contributed by atoms with Crippen molar-refractivity contribution in [3.63, 3.8) is 0 Å². The molecule has 0 saturated heterocycles. The van der Waals surface area contributed by atoms with Gasteiger partial charge in [0.05, 0.1) is 5.75 Å². The van der Waals surface area contributed by atoms with Gasteiger partial charge in [0, 0.05) is 23.5 Å². The molecule has 0 aliphatic heterocycles. The van der Waals surface area contributed by atoms with Crippen molar-refractivity contribution in [3.05, 3.63) is 41.5 Å². The number of hydrogen-bond donors (Lipinski definition) is 0. The average Bonchev–Trinajstić information content (AvgIpc) is 2.99. The summed E-state index contributed by atoms with van der Waals surface area (Å²) >= 11 is 1.21. The molecule has 0 bridgehead atoms. The van der Waals surface area contributed by atoms with Gasteiger partial charge in [-0.2, -0.15) is 13.2 Å². The topological polar surface area (TPSA) is 52.7 Å². The van der Waals surface area contributed by atoms with Crippen LogP contribution < -0.4 is 0 Å². The van der Waals surface area contributed by atoms with Crippen LogP contribution in [0.4, 0.5) is 13.2 Å². The normalized spacial score (nSPS) is 11.8. The first kappa shape index (κ1) is 19.3. The number of hydrogen-bond acceptors (Lipinski definition) is 4. The second-order valence-corrected chi connectivity index (χ2v) is 6.57. The van der Waals surface area contributed by atoms with E-state index in [1.54, 1.807) is 19.9 Å². The van der Waals surface area contributed by atoms with E-state index >= 15 is 0 Å². The first-order chi connectivity index (χ1) is 11.6. The molecule has 0 saturated carbocycles. The second-order valence-electron chi connectivity index (χ2n) is 5.63. The fourth-order valence-electron chi connectivity index (χ4n) is 2.52. The van der Waals surface area contributed by atoms with Crippen LogP contribution in [0, 0.1) is 20.8 Å². The highest BCUT2D eigenvalue weighted by Crippen LogP contribution is 2.25. The van der Waals surface area contributed by atoms with Crippen LogP contribution in [-0.2, 0) is 13.1 Å². The van der Waals surface area contributed by atoms with Crippen molar-refractivity contribution in [2.24, 2.45) is 0 Å². The maximum Gasteiger partial charge on any atom is 0.406 e. The van der Waals surface area contributed by atoms with Crippen LogP contribution in [0.5, 0.6) is 0 Å². The number of carbonyl (C=O) groups is 1. The zero-order chi connectivity index (χ0) is 18.8. The zero-order valence-electron chi connectivity index (χ0n) is 14.2. The van der Waals surface area contributed by atoms with Gasteiger partial charge in [-0.05, 0) is 26.8 Å². The van der Waals surface area contributed by atoms with E-state index < -0.39 is 12.7 Å². The zero-order valence-corrected chi connectivity index (χ0v) is 15.0. The molecule has 0 unspecified atom stereocenters. The Morgan fingerprint density at radius 1 is 1.28 bits per heavy atom. The number of allylic oxidation sites excluding steroid dienone is 1. The molecule has 25 heavy (non-hydrogen) atoms. The number of alkyl halides is 3. The molecule has 0 N–H and O–H groups in total. The van der Waals surface area contributed by atoms with Crippen LogP contribution in [-0.4, -0.2) is 37.0 Å². The third-order valence-corrected chi connectivity index (χ3v) is 4.72. The lowest BCUT2D eigenvalue weighted by Gasteiger charge is -2.12. The number of nitrogens with zero attached hydrogens (tertiary/aromatic N) is 4. The van der Waals surface area contributed by atoms with Gasteiger partial charge in [-0.25, -0.2) is 0 Å². The van der Waals surface area contributed by atoms with Crippen molar-refractivity contribution in [2.45, 2.75) is 45.2 Å². The van der Waals surface area contributed by atoms with E-state index in [0.29, 0.717) is 34.5 Å². The second kappa shape index (κ2) is 7.47. The molecule has 5 nitrogen and oxygen atoms in total. The molecular weight excluding hydrogens is 353 g/mol. The molecule has 0 aliphatic rings. The average molecular weight is 372 g/mol. The summed E-state index contributed by atoms with van der Waals surface area (Å²) in [5.41, 5.74) is 1.04. The molecular formula is C16H19F3N4OS. The van der Waals surface area contributed by atoms with E-state index in [1.807, 2.05) is 4.57 Å². The van der Waals surface area contributed by atoms with Crippen LogP contribution in [0.3, 0.4) is 0 Å². The molecule has 136 valence electrons. The first-order valence-electron chi connectivity index (χ1n) is 7.54. The van der Waals surface area contributed by atoms with Gasteiger partial charge in [-0.3, -0.25) is 4.79 Å². The SMILES string of the molecule is C=CCn1c(C)nnc1SCC(=O)c1cc(C)n(CC(F)(F)F)c1C. The largest absolute Gasteiger partial charge is 0.406 e. The summed E-state index contributed by atoms with van der Waals surface area (Å²) in [6.07, 6.45) is -2.63. The van der Waals surface area contributed by atoms with E-state index in [-0.39, 0.29) is 11.5 Å². The smallest absolute Gasteiger partial charge is 0.339 e. The Hall–Kier alpha value is -2.03. The predicted octanol–water partition coefficient (Wildman–Crippen LogP) is 3.73. The molecule has 9 heteroatoms. The van der Waals surface area contributed by atoms with E-state index in [2.05, 4.69) is 16.8 Å². The number of aryl methyl sites for hydroxylation is 2. The Kier molecular flexibility index (Phi) is 5.76. The molecule has 2 aromatic rings. The van der Waals surface area contributed by atoms with E-state index in [1.165, 1.54) is 24.8 Å². The number of Topliss-reactive ketones (excluding diaryl/α,β-unsaturated/α-hetero) is 1. The molecule has 0 aliphatic carbocycles. The third kappa shape index (κ3) is 4.53. The van der Waals surface area contributed by atoms with E-state index in [9.17, 15) is 18.0 Å². The number of halogens is 3. The summed E-state index contributed by atoms with van der Waals surface area (Å²) in [5.74, 6) is 0.543. The molecule has 2 heterocycles. The number of rotatable bonds is 7. The van der Waals surface area contributed by atoms with Crippen LogP contribution >= 0.6 is 11.8 Å². The third-order valence-electron chi connectivity index (χ3n) is 3.76. The van der Waals surface area contributed by atoms with Crippen LogP contribution in [0.1, 0.15) is 27.6 Å². The van der Waals surface area contributed by atoms with E-state index in [0.717, 1.165) is 4.57 Å². The molecule has 2 rings (SSSR count).